The van der Waals surface area contributed by atoms with Crippen molar-refractivity contribution >= 4 is 16.7 Å². The summed E-state index contributed by atoms with van der Waals surface area (Å²) in [6.45, 7) is 2.07. The molecule has 1 aliphatic heterocycles. The normalized spacial score (nSPS) is 15.0. The summed E-state index contributed by atoms with van der Waals surface area (Å²) in [7, 11) is 0. The van der Waals surface area contributed by atoms with E-state index in [4.69, 9.17) is 0 Å². The molecule has 0 saturated carbocycles. The molecule has 0 spiro atoms. The lowest BCUT2D eigenvalue weighted by Gasteiger charge is -2.33. The van der Waals surface area contributed by atoms with Gasteiger partial charge in [-0.1, -0.05) is 0 Å². The van der Waals surface area contributed by atoms with E-state index in [9.17, 15) is 9.18 Å². The average Bonchev–Trinajstić information content (AvgIpc) is 3.30. The summed E-state index contributed by atoms with van der Waals surface area (Å²) in [6, 6.07) is 7.69. The van der Waals surface area contributed by atoms with Crippen LogP contribution in [0.5, 0.6) is 0 Å². The average molecular weight is 406 g/mol. The number of fused-ring (bicyclic) bond motifs is 1. The highest BCUT2D eigenvalue weighted by atomic mass is 19.1. The van der Waals surface area contributed by atoms with Gasteiger partial charge in [-0.15, -0.1) is 5.10 Å². The van der Waals surface area contributed by atoms with Gasteiger partial charge in [-0.2, -0.15) is 5.10 Å². The van der Waals surface area contributed by atoms with Crippen molar-refractivity contribution in [2.45, 2.75) is 19.4 Å². The van der Waals surface area contributed by atoms with Crippen molar-refractivity contribution in [3.05, 3.63) is 65.5 Å². The molecule has 1 fully saturated rings. The molecule has 5 rings (SSSR count). The monoisotopic (exact) mass is 406 g/mol. The molecule has 10 heteroatoms. The lowest BCUT2D eigenvalue weighted by Crippen LogP contribution is -2.37. The zero-order chi connectivity index (χ0) is 20.5. The maximum Gasteiger partial charge on any atom is 0.266 e. The maximum atomic E-state index is 13.7. The molecule has 9 nitrogen and oxygen atoms in total. The molecule has 0 amide bonds. The Bertz CT molecular complexity index is 1230. The number of nitrogens with zero attached hydrogens (tertiary/aromatic N) is 8. The predicted molar refractivity (Wildman–Crippen MR) is 108 cm³/mol. The Hall–Kier alpha value is -3.69. The SMILES string of the molecule is O=c1ccc(-n2cncn2)nn1CC1CCN(c2ncnc3ccc(F)cc23)CC1. The van der Waals surface area contributed by atoms with E-state index in [2.05, 4.69) is 30.0 Å². The molecular weight excluding hydrogens is 387 g/mol. The second-order valence-electron chi connectivity index (χ2n) is 7.34. The van der Waals surface area contributed by atoms with E-state index in [0.29, 0.717) is 18.3 Å². The third-order valence-electron chi connectivity index (χ3n) is 5.43. The van der Waals surface area contributed by atoms with Crippen LogP contribution in [0.15, 0.2) is 54.1 Å². The van der Waals surface area contributed by atoms with E-state index < -0.39 is 0 Å². The van der Waals surface area contributed by atoms with Gasteiger partial charge in [0.2, 0.25) is 0 Å². The van der Waals surface area contributed by atoms with Crippen LogP contribution in [0.2, 0.25) is 0 Å². The molecule has 1 aromatic carbocycles. The molecular formula is C20H19FN8O. The number of hydrogen-bond acceptors (Lipinski definition) is 7. The first-order chi connectivity index (χ1) is 14.7. The summed E-state index contributed by atoms with van der Waals surface area (Å²) in [5, 5.41) is 9.20. The molecule has 30 heavy (non-hydrogen) atoms. The minimum atomic E-state index is -0.300. The molecule has 0 radical (unpaired) electrons. The Morgan fingerprint density at radius 1 is 1.07 bits per heavy atom. The second kappa shape index (κ2) is 7.62. The van der Waals surface area contributed by atoms with Gasteiger partial charge in [0.15, 0.2) is 5.82 Å². The molecule has 152 valence electrons. The van der Waals surface area contributed by atoms with Crippen molar-refractivity contribution in [3.63, 3.8) is 0 Å². The summed E-state index contributed by atoms with van der Waals surface area (Å²) in [5.41, 5.74) is 0.586. The molecule has 0 bridgehead atoms. The Labute approximate surface area is 170 Å². The van der Waals surface area contributed by atoms with Crippen LogP contribution in [0.3, 0.4) is 0 Å². The number of aromatic nitrogens is 7. The quantitative estimate of drug-likeness (QED) is 0.510. The van der Waals surface area contributed by atoms with Crippen LogP contribution in [0.25, 0.3) is 16.7 Å². The molecule has 0 N–H and O–H groups in total. The van der Waals surface area contributed by atoms with Gasteiger partial charge in [0.25, 0.3) is 5.56 Å². The Balaban J connectivity index is 1.31. The van der Waals surface area contributed by atoms with Crippen LogP contribution < -0.4 is 10.5 Å². The summed E-state index contributed by atoms with van der Waals surface area (Å²) in [6.07, 6.45) is 6.24. The molecule has 4 heterocycles. The van der Waals surface area contributed by atoms with Crippen molar-refractivity contribution in [2.24, 2.45) is 5.92 Å². The fraction of sp³-hybridized carbons (Fsp3) is 0.300. The van der Waals surface area contributed by atoms with Gasteiger partial charge in [0, 0.05) is 31.1 Å². The minimum Gasteiger partial charge on any atom is -0.356 e. The predicted octanol–water partition coefficient (Wildman–Crippen LogP) is 1.82. The van der Waals surface area contributed by atoms with Crippen molar-refractivity contribution in [2.75, 3.05) is 18.0 Å². The van der Waals surface area contributed by atoms with Gasteiger partial charge in [-0.05, 0) is 43.0 Å². The largest absolute Gasteiger partial charge is 0.356 e. The molecule has 0 atom stereocenters. The Morgan fingerprint density at radius 2 is 1.93 bits per heavy atom. The first kappa shape index (κ1) is 18.3. The highest BCUT2D eigenvalue weighted by molar-refractivity contribution is 5.89. The molecule has 1 aliphatic rings. The second-order valence-corrected chi connectivity index (χ2v) is 7.34. The fourth-order valence-corrected chi connectivity index (χ4v) is 3.86. The smallest absolute Gasteiger partial charge is 0.266 e. The van der Waals surface area contributed by atoms with E-state index in [1.54, 1.807) is 18.5 Å². The van der Waals surface area contributed by atoms with E-state index >= 15 is 0 Å². The van der Waals surface area contributed by atoms with Crippen LogP contribution in [0.4, 0.5) is 10.2 Å². The van der Waals surface area contributed by atoms with Crippen molar-refractivity contribution in [1.29, 1.82) is 0 Å². The molecule has 3 aromatic heterocycles. The highest BCUT2D eigenvalue weighted by Gasteiger charge is 2.23. The zero-order valence-corrected chi connectivity index (χ0v) is 16.1. The topological polar surface area (TPSA) is 94.6 Å². The third kappa shape index (κ3) is 3.51. The zero-order valence-electron chi connectivity index (χ0n) is 16.1. The van der Waals surface area contributed by atoms with Crippen molar-refractivity contribution < 1.29 is 4.39 Å². The van der Waals surface area contributed by atoms with Gasteiger partial charge in [-0.3, -0.25) is 4.79 Å². The number of hydrogen-bond donors (Lipinski definition) is 0. The van der Waals surface area contributed by atoms with E-state index in [1.807, 2.05) is 0 Å². The fourth-order valence-electron chi connectivity index (χ4n) is 3.86. The van der Waals surface area contributed by atoms with E-state index in [0.717, 1.165) is 42.7 Å². The standard InChI is InChI=1S/C20H19FN8O/c21-15-1-2-17-16(9-15)20(24-12-23-17)27-7-5-14(6-8-27)10-28-19(30)4-3-18(26-28)29-13-22-11-25-29/h1-4,9,11-14H,5-8,10H2. The van der Waals surface area contributed by atoms with Gasteiger partial charge in [0.1, 0.15) is 30.6 Å². The number of benzene rings is 1. The molecule has 4 aromatic rings. The first-order valence-electron chi connectivity index (χ1n) is 9.76. The van der Waals surface area contributed by atoms with Crippen LogP contribution >= 0.6 is 0 Å². The van der Waals surface area contributed by atoms with E-state index in [-0.39, 0.29) is 11.4 Å². The Morgan fingerprint density at radius 3 is 2.73 bits per heavy atom. The van der Waals surface area contributed by atoms with Gasteiger partial charge in [0.05, 0.1) is 5.52 Å². The summed E-state index contributed by atoms with van der Waals surface area (Å²) in [4.78, 5) is 27.0. The van der Waals surface area contributed by atoms with Crippen molar-refractivity contribution in [3.8, 4) is 5.82 Å². The van der Waals surface area contributed by atoms with Crippen LogP contribution in [-0.4, -0.2) is 47.6 Å². The Kier molecular flexibility index (Phi) is 4.66. The number of anilines is 1. The minimum absolute atomic E-state index is 0.140. The summed E-state index contributed by atoms with van der Waals surface area (Å²) in [5.74, 6) is 1.31. The van der Waals surface area contributed by atoms with E-state index in [1.165, 1.54) is 40.2 Å². The van der Waals surface area contributed by atoms with Crippen LogP contribution in [0, 0.1) is 11.7 Å². The third-order valence-corrected chi connectivity index (χ3v) is 5.43. The number of halogens is 1. The summed E-state index contributed by atoms with van der Waals surface area (Å²) < 4.78 is 16.8. The van der Waals surface area contributed by atoms with Gasteiger partial charge in [-0.25, -0.2) is 28.7 Å². The van der Waals surface area contributed by atoms with Gasteiger partial charge >= 0.3 is 0 Å². The highest BCUT2D eigenvalue weighted by Crippen LogP contribution is 2.28. The lowest BCUT2D eigenvalue weighted by molar-refractivity contribution is 0.334. The molecule has 0 unspecified atom stereocenters. The number of rotatable bonds is 4. The van der Waals surface area contributed by atoms with Crippen LogP contribution in [-0.2, 0) is 6.54 Å². The maximum absolute atomic E-state index is 13.7. The van der Waals surface area contributed by atoms with Crippen molar-refractivity contribution in [1.82, 2.24) is 34.5 Å². The molecule has 0 aliphatic carbocycles. The summed E-state index contributed by atoms with van der Waals surface area (Å²) >= 11 is 0. The van der Waals surface area contributed by atoms with Gasteiger partial charge < -0.3 is 4.90 Å². The first-order valence-corrected chi connectivity index (χ1v) is 9.76. The number of piperidine rings is 1. The lowest BCUT2D eigenvalue weighted by atomic mass is 9.96. The molecule has 1 saturated heterocycles. The van der Waals surface area contributed by atoms with Crippen LogP contribution in [0.1, 0.15) is 12.8 Å².